The lowest BCUT2D eigenvalue weighted by Gasteiger charge is -2.17. The van der Waals surface area contributed by atoms with Gasteiger partial charge in [-0.2, -0.15) is 12.8 Å². The van der Waals surface area contributed by atoms with E-state index < -0.39 is 15.8 Å². The first kappa shape index (κ1) is 24.2. The second-order valence-electron chi connectivity index (χ2n) is 8.66. The van der Waals surface area contributed by atoms with Gasteiger partial charge in [-0.15, -0.1) is 0 Å². The maximum Gasteiger partial charge on any atom is 0.282 e. The van der Waals surface area contributed by atoms with Crippen LogP contribution in [0.4, 0.5) is 0 Å². The van der Waals surface area contributed by atoms with Crippen LogP contribution >= 0.6 is 0 Å². The fraction of sp³-hybridized carbons (Fsp3) is 0.185. The van der Waals surface area contributed by atoms with Gasteiger partial charge in [0.15, 0.2) is 5.78 Å². The molecule has 0 spiro atoms. The lowest BCUT2D eigenvalue weighted by molar-refractivity contribution is -0.111. The van der Waals surface area contributed by atoms with Gasteiger partial charge < -0.3 is 4.84 Å². The van der Waals surface area contributed by atoms with Crippen molar-refractivity contribution in [2.75, 3.05) is 0 Å². The average Bonchev–Trinajstić information content (AvgIpc) is 2.81. The predicted molar refractivity (Wildman–Crippen MR) is 134 cm³/mol. The van der Waals surface area contributed by atoms with Crippen LogP contribution in [0.1, 0.15) is 42.3 Å². The van der Waals surface area contributed by atoms with Crippen LogP contribution in [0.15, 0.2) is 98.1 Å². The zero-order valence-corrected chi connectivity index (χ0v) is 20.6. The van der Waals surface area contributed by atoms with Gasteiger partial charge in [-0.05, 0) is 49.6 Å². The van der Waals surface area contributed by atoms with E-state index in [1.54, 1.807) is 49.4 Å². The summed E-state index contributed by atoms with van der Waals surface area (Å²) < 4.78 is 30.0. The van der Waals surface area contributed by atoms with Crippen molar-refractivity contribution >= 4 is 33.0 Å². The summed E-state index contributed by atoms with van der Waals surface area (Å²) in [5.41, 5.74) is 3.22. The molecule has 0 fully saturated rings. The highest BCUT2D eigenvalue weighted by molar-refractivity contribution is 7.90. The number of aryl methyl sites for hydroxylation is 1. The number of nitrogens with zero attached hydrogens (tertiary/aromatic N) is 2. The molecule has 8 heteroatoms. The number of Topliss-reactive ketones (excluding diaryl/α,β-unsaturated/α-hetero) is 1. The molecule has 0 unspecified atom stereocenters. The number of sulfonamides is 1. The highest BCUT2D eigenvalue weighted by Crippen LogP contribution is 2.26. The summed E-state index contributed by atoms with van der Waals surface area (Å²) in [7, 11) is -4.04. The smallest absolute Gasteiger partial charge is 0.282 e. The van der Waals surface area contributed by atoms with E-state index in [1.807, 2.05) is 20.8 Å². The summed E-state index contributed by atoms with van der Waals surface area (Å²) >= 11 is 0. The van der Waals surface area contributed by atoms with Crippen LogP contribution in [0.3, 0.4) is 0 Å². The monoisotopic (exact) mass is 488 g/mol. The van der Waals surface area contributed by atoms with Gasteiger partial charge in [-0.1, -0.05) is 61.0 Å². The van der Waals surface area contributed by atoms with Gasteiger partial charge in [0.25, 0.3) is 10.0 Å². The lowest BCUT2D eigenvalue weighted by Crippen LogP contribution is -2.20. The largest absolute Gasteiger partial charge is 0.352 e. The molecule has 2 aliphatic carbocycles. The van der Waals surface area contributed by atoms with Crippen LogP contribution in [0.25, 0.3) is 0 Å². The van der Waals surface area contributed by atoms with Gasteiger partial charge in [0, 0.05) is 22.8 Å². The Bertz CT molecular complexity index is 1490. The highest BCUT2D eigenvalue weighted by Gasteiger charge is 2.28. The Morgan fingerprint density at radius 1 is 0.829 bits per heavy atom. The zero-order chi connectivity index (χ0) is 25.3. The molecule has 35 heavy (non-hydrogen) atoms. The Kier molecular flexibility index (Phi) is 6.49. The lowest BCUT2D eigenvalue weighted by atomic mass is 9.90. The number of rotatable bonds is 5. The molecule has 2 aromatic rings. The fourth-order valence-corrected chi connectivity index (χ4v) is 4.67. The third kappa shape index (κ3) is 4.97. The Labute approximate surface area is 204 Å². The first-order valence-electron chi connectivity index (χ1n) is 11.0. The summed E-state index contributed by atoms with van der Waals surface area (Å²) in [5.74, 6) is -0.712. The maximum absolute atomic E-state index is 13.1. The van der Waals surface area contributed by atoms with Crippen LogP contribution in [-0.2, 0) is 19.7 Å². The third-order valence-electron chi connectivity index (χ3n) is 5.67. The molecule has 0 N–H and O–H groups in total. The maximum atomic E-state index is 13.1. The van der Waals surface area contributed by atoms with Crippen LogP contribution in [-0.4, -0.2) is 31.4 Å². The second kappa shape index (κ2) is 9.38. The minimum absolute atomic E-state index is 0.00910. The van der Waals surface area contributed by atoms with E-state index in [9.17, 15) is 18.0 Å². The molecular formula is C27H24N2O5S. The first-order chi connectivity index (χ1) is 16.6. The molecule has 0 saturated carbocycles. The van der Waals surface area contributed by atoms with Gasteiger partial charge >= 0.3 is 0 Å². The summed E-state index contributed by atoms with van der Waals surface area (Å²) in [6.07, 6.45) is 4.40. The molecule has 2 aliphatic rings. The van der Waals surface area contributed by atoms with E-state index in [0.29, 0.717) is 22.4 Å². The Morgan fingerprint density at radius 3 is 2.14 bits per heavy atom. The average molecular weight is 489 g/mol. The quantitative estimate of drug-likeness (QED) is 0.447. The normalized spacial score (nSPS) is 18.4. The van der Waals surface area contributed by atoms with Crippen molar-refractivity contribution in [2.45, 2.75) is 32.6 Å². The van der Waals surface area contributed by atoms with Gasteiger partial charge in [0.05, 0.1) is 10.6 Å². The van der Waals surface area contributed by atoms with Crippen LogP contribution in [0.5, 0.6) is 0 Å². The number of carbonyl (C=O) groups is 2. The number of carbonyl (C=O) groups excluding carboxylic acids is 2. The Hall–Kier alpha value is -3.91. The van der Waals surface area contributed by atoms with Crippen molar-refractivity contribution in [3.05, 3.63) is 100 Å². The molecule has 0 aliphatic heterocycles. The fourth-order valence-electron chi connectivity index (χ4n) is 3.67. The molecule has 7 nitrogen and oxygen atoms in total. The van der Waals surface area contributed by atoms with Crippen molar-refractivity contribution in [3.63, 3.8) is 0 Å². The van der Waals surface area contributed by atoms with Crippen molar-refractivity contribution in [2.24, 2.45) is 15.5 Å². The van der Waals surface area contributed by atoms with Crippen molar-refractivity contribution in [1.29, 1.82) is 0 Å². The molecule has 0 atom stereocenters. The molecule has 0 heterocycles. The minimum atomic E-state index is -4.04. The molecule has 0 saturated heterocycles. The summed E-state index contributed by atoms with van der Waals surface area (Å²) in [6, 6.07) is 12.9. The third-order valence-corrected chi connectivity index (χ3v) is 6.97. The van der Waals surface area contributed by atoms with Crippen LogP contribution in [0, 0.1) is 12.8 Å². The Morgan fingerprint density at radius 2 is 1.49 bits per heavy atom. The minimum Gasteiger partial charge on any atom is -0.352 e. The summed E-state index contributed by atoms with van der Waals surface area (Å²) in [4.78, 5) is 30.8. The number of hydrogen-bond acceptors (Lipinski definition) is 6. The molecule has 0 amide bonds. The molecule has 0 aromatic heterocycles. The van der Waals surface area contributed by atoms with Crippen molar-refractivity contribution in [1.82, 2.24) is 0 Å². The van der Waals surface area contributed by atoms with Gasteiger partial charge in [-0.25, -0.2) is 0 Å². The summed E-state index contributed by atoms with van der Waals surface area (Å²) in [6.45, 7) is 7.38. The second-order valence-corrected chi connectivity index (χ2v) is 10.3. The molecule has 0 radical (unpaired) electrons. The standard InChI is InChI=1S/C27H24N2O5S/c1-16(2)22-14-23(18(4)13-25(22)30)28-34-26-15-24(20-7-5-6-8-21(20)27(26)31)29-35(32,33)19-11-9-17(3)10-12-19/h5-16H,1-4H3/b28-23+,29-24+. The van der Waals surface area contributed by atoms with Gasteiger partial charge in [0.1, 0.15) is 5.71 Å². The number of allylic oxidation sites excluding steroid dienone is 6. The topological polar surface area (TPSA) is 102 Å². The van der Waals surface area contributed by atoms with E-state index >= 15 is 0 Å². The molecule has 178 valence electrons. The van der Waals surface area contributed by atoms with E-state index in [0.717, 1.165) is 5.56 Å². The predicted octanol–water partition coefficient (Wildman–Crippen LogP) is 4.74. The van der Waals surface area contributed by atoms with Crippen molar-refractivity contribution in [3.8, 4) is 0 Å². The first-order valence-corrected chi connectivity index (χ1v) is 12.5. The summed E-state index contributed by atoms with van der Waals surface area (Å²) in [5, 5.41) is 4.10. The SMILES string of the molecule is CC1=CC(=O)C(C(C)C)=C/C1=N\OC1=C/C(=N\S(=O)(=O)c2ccc(C)cc2)c2ccccc2C1=O. The molecular weight excluding hydrogens is 464 g/mol. The molecule has 0 bridgehead atoms. The van der Waals surface area contributed by atoms with E-state index in [4.69, 9.17) is 4.84 Å². The number of benzene rings is 2. The number of fused-ring (bicyclic) bond motifs is 1. The number of ketones is 2. The van der Waals surface area contributed by atoms with Gasteiger partial charge in [0.2, 0.25) is 11.5 Å². The van der Waals surface area contributed by atoms with E-state index in [-0.39, 0.29) is 33.6 Å². The number of hydrogen-bond donors (Lipinski definition) is 0. The van der Waals surface area contributed by atoms with Crippen LogP contribution < -0.4 is 0 Å². The molecule has 4 rings (SSSR count). The molecule has 2 aromatic carbocycles. The van der Waals surface area contributed by atoms with E-state index in [2.05, 4.69) is 9.55 Å². The van der Waals surface area contributed by atoms with Gasteiger partial charge in [-0.3, -0.25) is 9.59 Å². The Balaban J connectivity index is 1.76. The zero-order valence-electron chi connectivity index (χ0n) is 19.8. The van der Waals surface area contributed by atoms with E-state index in [1.165, 1.54) is 24.3 Å². The van der Waals surface area contributed by atoms with Crippen molar-refractivity contribution < 1.29 is 22.8 Å². The van der Waals surface area contributed by atoms with Crippen LogP contribution in [0.2, 0.25) is 0 Å². The highest BCUT2D eigenvalue weighted by atomic mass is 32.2. The number of oxime groups is 1.